The van der Waals surface area contributed by atoms with Gasteiger partial charge in [0, 0.05) is 6.61 Å². The monoisotopic (exact) mass is 230 g/mol. The molecule has 0 saturated carbocycles. The Balaban J connectivity index is 4.53. The fourth-order valence-corrected chi connectivity index (χ4v) is 2.46. The maximum absolute atomic E-state index is 10.4. The van der Waals surface area contributed by atoms with Crippen LogP contribution in [0.4, 0.5) is 0 Å². The quantitative estimate of drug-likeness (QED) is 0.653. The zero-order chi connectivity index (χ0) is 12.6. The summed E-state index contributed by atoms with van der Waals surface area (Å²) in [5.74, 6) is 0.618. The smallest absolute Gasteiger partial charge is 0.0934 e. The van der Waals surface area contributed by atoms with E-state index in [1.54, 1.807) is 0 Å². The lowest BCUT2D eigenvalue weighted by atomic mass is 9.83. The lowest BCUT2D eigenvalue weighted by Crippen LogP contribution is -2.45. The average molecular weight is 230 g/mol. The molecule has 0 heterocycles. The first-order chi connectivity index (χ1) is 7.60. The predicted octanol–water partition coefficient (Wildman–Crippen LogP) is 3.77. The van der Waals surface area contributed by atoms with Crippen LogP contribution < -0.4 is 0 Å². The Hall–Kier alpha value is -0.0800. The third kappa shape index (κ3) is 4.06. The SMILES string of the molecule is CCOC(CC)(CC)C(O)CC(CC)CC. The van der Waals surface area contributed by atoms with Crippen molar-refractivity contribution in [2.75, 3.05) is 6.61 Å². The lowest BCUT2D eigenvalue weighted by molar-refractivity contribution is -0.131. The molecule has 0 rings (SSSR count). The van der Waals surface area contributed by atoms with Crippen molar-refractivity contribution in [2.45, 2.75) is 78.4 Å². The molecular formula is C14H30O2. The minimum Gasteiger partial charge on any atom is -0.390 e. The average Bonchev–Trinajstić information content (AvgIpc) is 2.32. The van der Waals surface area contributed by atoms with Gasteiger partial charge in [0.2, 0.25) is 0 Å². The molecule has 0 aromatic carbocycles. The molecule has 0 aliphatic heterocycles. The second kappa shape index (κ2) is 8.08. The summed E-state index contributed by atoms with van der Waals surface area (Å²) < 4.78 is 5.83. The van der Waals surface area contributed by atoms with E-state index < -0.39 is 0 Å². The standard InChI is InChI=1S/C14H30O2/c1-6-12(7-2)11-13(15)14(8-3,9-4)16-10-5/h12-13,15H,6-11H2,1-5H3. The summed E-state index contributed by atoms with van der Waals surface area (Å²) in [6, 6.07) is 0. The van der Waals surface area contributed by atoms with Gasteiger partial charge in [-0.05, 0) is 32.1 Å². The molecule has 2 nitrogen and oxygen atoms in total. The molecule has 1 atom stereocenters. The van der Waals surface area contributed by atoms with Crippen molar-refractivity contribution in [2.24, 2.45) is 5.92 Å². The van der Waals surface area contributed by atoms with Crippen molar-refractivity contribution in [3.63, 3.8) is 0 Å². The number of aliphatic hydroxyl groups excluding tert-OH is 1. The minimum absolute atomic E-state index is 0.322. The van der Waals surface area contributed by atoms with Crippen molar-refractivity contribution in [3.8, 4) is 0 Å². The van der Waals surface area contributed by atoms with E-state index in [0.717, 1.165) is 32.1 Å². The van der Waals surface area contributed by atoms with Gasteiger partial charge in [-0.25, -0.2) is 0 Å². The first kappa shape index (κ1) is 15.9. The van der Waals surface area contributed by atoms with Crippen LogP contribution in [-0.2, 0) is 4.74 Å². The van der Waals surface area contributed by atoms with Crippen molar-refractivity contribution < 1.29 is 9.84 Å². The van der Waals surface area contributed by atoms with Gasteiger partial charge in [-0.15, -0.1) is 0 Å². The summed E-state index contributed by atoms with van der Waals surface area (Å²) >= 11 is 0. The molecule has 0 saturated heterocycles. The van der Waals surface area contributed by atoms with E-state index in [9.17, 15) is 5.11 Å². The fourth-order valence-electron chi connectivity index (χ4n) is 2.46. The summed E-state index contributed by atoms with van der Waals surface area (Å²) in [6.07, 6.45) is 4.60. The Bertz CT molecular complexity index is 160. The first-order valence-electron chi connectivity index (χ1n) is 6.92. The van der Waals surface area contributed by atoms with E-state index in [1.165, 1.54) is 0 Å². The molecular weight excluding hydrogens is 200 g/mol. The van der Waals surface area contributed by atoms with Gasteiger partial charge in [-0.1, -0.05) is 40.5 Å². The van der Waals surface area contributed by atoms with Crippen LogP contribution in [-0.4, -0.2) is 23.4 Å². The highest BCUT2D eigenvalue weighted by molar-refractivity contribution is 4.87. The third-order valence-corrected chi connectivity index (χ3v) is 3.95. The van der Waals surface area contributed by atoms with Gasteiger partial charge in [0.05, 0.1) is 11.7 Å². The highest BCUT2D eigenvalue weighted by Gasteiger charge is 2.35. The maximum Gasteiger partial charge on any atom is 0.0934 e. The lowest BCUT2D eigenvalue weighted by Gasteiger charge is -2.37. The molecule has 0 aliphatic carbocycles. The molecule has 0 amide bonds. The fraction of sp³-hybridized carbons (Fsp3) is 1.00. The Morgan fingerprint density at radius 3 is 1.81 bits per heavy atom. The molecule has 1 N–H and O–H groups in total. The van der Waals surface area contributed by atoms with Gasteiger partial charge < -0.3 is 9.84 Å². The first-order valence-corrected chi connectivity index (χ1v) is 6.92. The predicted molar refractivity (Wildman–Crippen MR) is 69.6 cm³/mol. The Labute approximate surface area is 101 Å². The number of rotatable bonds is 9. The number of ether oxygens (including phenoxy) is 1. The van der Waals surface area contributed by atoms with Crippen LogP contribution in [0.5, 0.6) is 0 Å². The maximum atomic E-state index is 10.4. The third-order valence-electron chi connectivity index (χ3n) is 3.95. The summed E-state index contributed by atoms with van der Waals surface area (Å²) in [6.45, 7) is 11.3. The molecule has 0 aromatic rings. The largest absolute Gasteiger partial charge is 0.390 e. The van der Waals surface area contributed by atoms with Gasteiger partial charge in [0.15, 0.2) is 0 Å². The van der Waals surface area contributed by atoms with Crippen molar-refractivity contribution in [1.82, 2.24) is 0 Å². The van der Waals surface area contributed by atoms with Gasteiger partial charge in [0.25, 0.3) is 0 Å². The highest BCUT2D eigenvalue weighted by Crippen LogP contribution is 2.30. The Kier molecular flexibility index (Phi) is 8.04. The van der Waals surface area contributed by atoms with Crippen LogP contribution in [0.3, 0.4) is 0 Å². The molecule has 0 aliphatic rings. The molecule has 16 heavy (non-hydrogen) atoms. The summed E-state index contributed by atoms with van der Waals surface area (Å²) in [5.41, 5.74) is -0.322. The number of hydrogen-bond donors (Lipinski definition) is 1. The van der Waals surface area contributed by atoms with Crippen LogP contribution in [0, 0.1) is 5.92 Å². The van der Waals surface area contributed by atoms with Gasteiger partial charge in [-0.3, -0.25) is 0 Å². The zero-order valence-electron chi connectivity index (χ0n) is 11.8. The summed E-state index contributed by atoms with van der Waals surface area (Å²) in [5, 5.41) is 10.4. The molecule has 0 radical (unpaired) electrons. The van der Waals surface area contributed by atoms with Crippen molar-refractivity contribution in [1.29, 1.82) is 0 Å². The van der Waals surface area contributed by atoms with E-state index in [2.05, 4.69) is 27.7 Å². The van der Waals surface area contributed by atoms with Gasteiger partial charge >= 0.3 is 0 Å². The van der Waals surface area contributed by atoms with Crippen LogP contribution in [0.1, 0.15) is 66.7 Å². The summed E-state index contributed by atoms with van der Waals surface area (Å²) in [4.78, 5) is 0. The molecule has 0 bridgehead atoms. The van der Waals surface area contributed by atoms with Crippen LogP contribution in [0.2, 0.25) is 0 Å². The Morgan fingerprint density at radius 2 is 1.50 bits per heavy atom. The molecule has 0 fully saturated rings. The number of aliphatic hydroxyl groups is 1. The zero-order valence-corrected chi connectivity index (χ0v) is 11.8. The Morgan fingerprint density at radius 1 is 1.00 bits per heavy atom. The van der Waals surface area contributed by atoms with Crippen LogP contribution >= 0.6 is 0 Å². The molecule has 0 aromatic heterocycles. The topological polar surface area (TPSA) is 29.5 Å². The molecule has 98 valence electrons. The van der Waals surface area contributed by atoms with Gasteiger partial charge in [-0.2, -0.15) is 0 Å². The van der Waals surface area contributed by atoms with Crippen LogP contribution in [0.15, 0.2) is 0 Å². The molecule has 2 heteroatoms. The van der Waals surface area contributed by atoms with E-state index in [-0.39, 0.29) is 11.7 Å². The van der Waals surface area contributed by atoms with Gasteiger partial charge in [0.1, 0.15) is 0 Å². The van der Waals surface area contributed by atoms with E-state index >= 15 is 0 Å². The second-order valence-corrected chi connectivity index (χ2v) is 4.64. The summed E-state index contributed by atoms with van der Waals surface area (Å²) in [7, 11) is 0. The van der Waals surface area contributed by atoms with Crippen molar-refractivity contribution in [3.05, 3.63) is 0 Å². The highest BCUT2D eigenvalue weighted by atomic mass is 16.5. The van der Waals surface area contributed by atoms with Crippen molar-refractivity contribution >= 4 is 0 Å². The van der Waals surface area contributed by atoms with E-state index in [4.69, 9.17) is 4.74 Å². The number of hydrogen-bond acceptors (Lipinski definition) is 2. The molecule has 1 unspecified atom stereocenters. The second-order valence-electron chi connectivity index (χ2n) is 4.64. The normalized spacial score (nSPS) is 14.4. The van der Waals surface area contributed by atoms with Crippen LogP contribution in [0.25, 0.3) is 0 Å². The van der Waals surface area contributed by atoms with E-state index in [1.807, 2.05) is 6.92 Å². The molecule has 0 spiro atoms. The van der Waals surface area contributed by atoms with E-state index in [0.29, 0.717) is 12.5 Å². The minimum atomic E-state index is -0.327.